The first kappa shape index (κ1) is 16.3. The Morgan fingerprint density at radius 3 is 2.68 bits per heavy atom. The molecule has 1 saturated carbocycles. The average Bonchev–Trinajstić information content (AvgIpc) is 3.32. The van der Waals surface area contributed by atoms with Crippen molar-refractivity contribution in [3.05, 3.63) is 47.6 Å². The molecule has 0 radical (unpaired) electrons. The monoisotopic (exact) mass is 339 g/mol. The quantitative estimate of drug-likeness (QED) is 0.844. The number of hydrogen-bond donors (Lipinski definition) is 0. The van der Waals surface area contributed by atoms with Crippen LogP contribution in [0, 0.1) is 0 Å². The highest BCUT2D eigenvalue weighted by atomic mass is 16.5. The number of carbonyl (C=O) groups is 1. The Hall–Kier alpha value is -2.17. The molecule has 1 aliphatic heterocycles. The third-order valence-corrected chi connectivity index (χ3v) is 5.48. The van der Waals surface area contributed by atoms with Gasteiger partial charge in [-0.3, -0.25) is 4.79 Å². The Labute approximate surface area is 148 Å². The molecule has 1 atom stereocenters. The molecule has 0 unspecified atom stereocenters. The molecule has 2 fully saturated rings. The number of amides is 1. The molecule has 0 N–H and O–H groups in total. The lowest BCUT2D eigenvalue weighted by molar-refractivity contribution is -0.131. The summed E-state index contributed by atoms with van der Waals surface area (Å²) in [5.74, 6) is 2.05. The van der Waals surface area contributed by atoms with Gasteiger partial charge in [0.1, 0.15) is 6.04 Å². The van der Waals surface area contributed by atoms with Crippen LogP contribution in [0.4, 0.5) is 0 Å². The summed E-state index contributed by atoms with van der Waals surface area (Å²) in [7, 11) is 0. The topological polar surface area (TPSA) is 59.2 Å². The van der Waals surface area contributed by atoms with E-state index in [0.29, 0.717) is 18.2 Å². The van der Waals surface area contributed by atoms with Gasteiger partial charge in [-0.25, -0.2) is 0 Å². The van der Waals surface area contributed by atoms with Crippen molar-refractivity contribution in [3.8, 4) is 0 Å². The molecular weight excluding hydrogens is 314 g/mol. The van der Waals surface area contributed by atoms with Crippen LogP contribution in [0.3, 0.4) is 0 Å². The van der Waals surface area contributed by atoms with E-state index >= 15 is 0 Å². The lowest BCUT2D eigenvalue weighted by Crippen LogP contribution is -2.32. The summed E-state index contributed by atoms with van der Waals surface area (Å²) in [5, 5.41) is 4.24. The number of aromatic nitrogens is 2. The molecule has 0 spiro atoms. The molecule has 25 heavy (non-hydrogen) atoms. The van der Waals surface area contributed by atoms with Gasteiger partial charge >= 0.3 is 0 Å². The Kier molecular flexibility index (Phi) is 4.81. The highest BCUT2D eigenvalue weighted by Crippen LogP contribution is 2.35. The summed E-state index contributed by atoms with van der Waals surface area (Å²) >= 11 is 0. The van der Waals surface area contributed by atoms with E-state index in [9.17, 15) is 4.79 Å². The van der Waals surface area contributed by atoms with Gasteiger partial charge in [0.25, 0.3) is 0 Å². The summed E-state index contributed by atoms with van der Waals surface area (Å²) in [6, 6.07) is 9.85. The summed E-state index contributed by atoms with van der Waals surface area (Å²) in [5.41, 5.74) is 1.05. The maximum Gasteiger partial charge on any atom is 0.249 e. The molecule has 5 nitrogen and oxygen atoms in total. The zero-order chi connectivity index (χ0) is 17.1. The summed E-state index contributed by atoms with van der Waals surface area (Å²) < 4.78 is 5.58. The molecular formula is C20H25N3O2. The van der Waals surface area contributed by atoms with Crippen LogP contribution in [0.5, 0.6) is 0 Å². The minimum atomic E-state index is -0.0546. The van der Waals surface area contributed by atoms with Crippen LogP contribution in [0.1, 0.15) is 74.2 Å². The Morgan fingerprint density at radius 1 is 1.08 bits per heavy atom. The molecule has 5 heteroatoms. The van der Waals surface area contributed by atoms with E-state index in [1.165, 1.54) is 19.3 Å². The second-order valence-corrected chi connectivity index (χ2v) is 7.23. The fourth-order valence-corrected chi connectivity index (χ4v) is 4.10. The van der Waals surface area contributed by atoms with Crippen molar-refractivity contribution in [1.82, 2.24) is 15.0 Å². The van der Waals surface area contributed by atoms with Crippen molar-refractivity contribution in [3.63, 3.8) is 0 Å². The van der Waals surface area contributed by atoms with Crippen LogP contribution in [-0.4, -0.2) is 27.5 Å². The van der Waals surface area contributed by atoms with Crippen molar-refractivity contribution in [2.24, 2.45) is 0 Å². The number of likely N-dealkylation sites (tertiary alicyclic amines) is 1. The van der Waals surface area contributed by atoms with E-state index in [-0.39, 0.29) is 11.9 Å². The first-order valence-electron chi connectivity index (χ1n) is 9.48. The van der Waals surface area contributed by atoms with Gasteiger partial charge in [-0.15, -0.1) is 0 Å². The van der Waals surface area contributed by atoms with E-state index in [2.05, 4.69) is 10.1 Å². The molecule has 2 aromatic rings. The summed E-state index contributed by atoms with van der Waals surface area (Å²) in [6.45, 7) is 0.775. The number of hydrogen-bond acceptors (Lipinski definition) is 4. The van der Waals surface area contributed by atoms with Crippen LogP contribution in [0.25, 0.3) is 0 Å². The third-order valence-electron chi connectivity index (χ3n) is 5.48. The Morgan fingerprint density at radius 2 is 1.88 bits per heavy atom. The molecule has 1 aliphatic carbocycles. The minimum absolute atomic E-state index is 0.0546. The molecule has 1 aromatic carbocycles. The fraction of sp³-hybridized carbons (Fsp3) is 0.550. The molecule has 1 aromatic heterocycles. The standard InChI is InChI=1S/C20H25N3O2/c24-18(14-15-8-3-1-4-9-15)23-13-7-12-17(23)20-21-19(22-25-20)16-10-5-2-6-11-16/h1,3-4,8-9,16-17H,2,5-7,10-14H2/t17-/m0/s1. The van der Waals surface area contributed by atoms with Gasteiger partial charge in [0.05, 0.1) is 6.42 Å². The third kappa shape index (κ3) is 3.60. The number of nitrogens with zero attached hydrogens (tertiary/aromatic N) is 3. The van der Waals surface area contributed by atoms with Crippen LogP contribution in [-0.2, 0) is 11.2 Å². The van der Waals surface area contributed by atoms with Gasteiger partial charge in [-0.2, -0.15) is 4.98 Å². The SMILES string of the molecule is O=C(Cc1ccccc1)N1CCC[C@H]1c1nc(C2CCCCC2)no1. The van der Waals surface area contributed by atoms with E-state index in [1.54, 1.807) is 0 Å². The smallest absolute Gasteiger partial charge is 0.249 e. The minimum Gasteiger partial charge on any atom is -0.337 e. The van der Waals surface area contributed by atoms with Gasteiger partial charge in [-0.1, -0.05) is 54.8 Å². The van der Waals surface area contributed by atoms with Crippen LogP contribution >= 0.6 is 0 Å². The van der Waals surface area contributed by atoms with Crippen molar-refractivity contribution < 1.29 is 9.32 Å². The largest absolute Gasteiger partial charge is 0.337 e. The van der Waals surface area contributed by atoms with E-state index in [1.807, 2.05) is 35.2 Å². The molecule has 1 amide bonds. The van der Waals surface area contributed by atoms with Gasteiger partial charge in [0.2, 0.25) is 11.8 Å². The Balaban J connectivity index is 1.46. The molecule has 4 rings (SSSR count). The summed E-state index contributed by atoms with van der Waals surface area (Å²) in [6.07, 6.45) is 8.45. The zero-order valence-electron chi connectivity index (χ0n) is 14.6. The fourth-order valence-electron chi connectivity index (χ4n) is 4.10. The van der Waals surface area contributed by atoms with Crippen molar-refractivity contribution in [2.45, 2.75) is 63.3 Å². The maximum absolute atomic E-state index is 12.7. The highest BCUT2D eigenvalue weighted by molar-refractivity contribution is 5.79. The Bertz CT molecular complexity index is 707. The second kappa shape index (κ2) is 7.38. The highest BCUT2D eigenvalue weighted by Gasteiger charge is 2.34. The average molecular weight is 339 g/mol. The van der Waals surface area contributed by atoms with Crippen LogP contribution in [0.15, 0.2) is 34.9 Å². The lowest BCUT2D eigenvalue weighted by atomic mass is 9.89. The lowest BCUT2D eigenvalue weighted by Gasteiger charge is -2.22. The zero-order valence-corrected chi connectivity index (χ0v) is 14.6. The number of rotatable bonds is 4. The van der Waals surface area contributed by atoms with E-state index < -0.39 is 0 Å². The number of benzene rings is 1. The van der Waals surface area contributed by atoms with Gasteiger partial charge in [0, 0.05) is 12.5 Å². The van der Waals surface area contributed by atoms with Crippen LogP contribution < -0.4 is 0 Å². The maximum atomic E-state index is 12.7. The first-order valence-corrected chi connectivity index (χ1v) is 9.48. The second-order valence-electron chi connectivity index (χ2n) is 7.23. The molecule has 2 heterocycles. The normalized spacial score (nSPS) is 21.6. The van der Waals surface area contributed by atoms with E-state index in [0.717, 1.165) is 43.6 Å². The molecule has 2 aliphatic rings. The van der Waals surface area contributed by atoms with Crippen molar-refractivity contribution in [1.29, 1.82) is 0 Å². The first-order chi connectivity index (χ1) is 12.3. The summed E-state index contributed by atoms with van der Waals surface area (Å²) in [4.78, 5) is 19.3. The van der Waals surface area contributed by atoms with Crippen LogP contribution in [0.2, 0.25) is 0 Å². The van der Waals surface area contributed by atoms with E-state index in [4.69, 9.17) is 4.52 Å². The van der Waals surface area contributed by atoms with Gasteiger partial charge in [0.15, 0.2) is 5.82 Å². The van der Waals surface area contributed by atoms with Gasteiger partial charge in [-0.05, 0) is 31.2 Å². The van der Waals surface area contributed by atoms with Gasteiger partial charge < -0.3 is 9.42 Å². The molecule has 1 saturated heterocycles. The number of carbonyl (C=O) groups excluding carboxylic acids is 1. The van der Waals surface area contributed by atoms with Crippen molar-refractivity contribution in [2.75, 3.05) is 6.54 Å². The molecule has 0 bridgehead atoms. The van der Waals surface area contributed by atoms with Crippen molar-refractivity contribution >= 4 is 5.91 Å². The predicted molar refractivity (Wildman–Crippen MR) is 94.0 cm³/mol. The predicted octanol–water partition coefficient (Wildman–Crippen LogP) is 4.02. The molecule has 132 valence electrons.